The van der Waals surface area contributed by atoms with Crippen molar-refractivity contribution in [3.05, 3.63) is 52.8 Å². The van der Waals surface area contributed by atoms with Crippen molar-refractivity contribution in [2.24, 2.45) is 7.05 Å². The van der Waals surface area contributed by atoms with Crippen molar-refractivity contribution in [2.75, 3.05) is 6.54 Å². The lowest BCUT2D eigenvalue weighted by Crippen LogP contribution is -2.22. The average Bonchev–Trinajstić information content (AvgIpc) is 2.75. The Morgan fingerprint density at radius 1 is 1.32 bits per heavy atom. The van der Waals surface area contributed by atoms with E-state index in [9.17, 15) is 0 Å². The van der Waals surface area contributed by atoms with Crippen LogP contribution in [0.15, 0.2) is 30.5 Å². The molecule has 2 aromatic rings. The van der Waals surface area contributed by atoms with Crippen molar-refractivity contribution >= 4 is 0 Å². The van der Waals surface area contributed by atoms with Crippen molar-refractivity contribution in [3.8, 4) is 0 Å². The molecule has 1 N–H and O–H groups in total. The van der Waals surface area contributed by atoms with E-state index >= 15 is 0 Å². The van der Waals surface area contributed by atoms with Gasteiger partial charge in [0, 0.05) is 18.8 Å². The molecule has 0 radical (unpaired) electrons. The molecule has 0 amide bonds. The Hall–Kier alpha value is -1.61. The molecule has 3 nitrogen and oxygen atoms in total. The summed E-state index contributed by atoms with van der Waals surface area (Å²) in [6.45, 7) is 7.35. The molecule has 1 aromatic heterocycles. The number of nitrogens with one attached hydrogen (secondary N) is 1. The van der Waals surface area contributed by atoms with Gasteiger partial charge in [-0.15, -0.1) is 0 Å². The molecule has 0 saturated carbocycles. The van der Waals surface area contributed by atoms with E-state index in [2.05, 4.69) is 61.6 Å². The number of aromatic nitrogens is 2. The lowest BCUT2D eigenvalue weighted by Gasteiger charge is -2.18. The summed E-state index contributed by atoms with van der Waals surface area (Å²) in [6.07, 6.45) is 3.18. The van der Waals surface area contributed by atoms with Gasteiger partial charge in [0.25, 0.3) is 0 Å². The van der Waals surface area contributed by atoms with Gasteiger partial charge in [0.1, 0.15) is 0 Å². The number of hydrogen-bond donors (Lipinski definition) is 1. The highest BCUT2D eigenvalue weighted by Crippen LogP contribution is 2.25. The van der Waals surface area contributed by atoms with Crippen LogP contribution in [0.3, 0.4) is 0 Å². The van der Waals surface area contributed by atoms with E-state index in [1.54, 1.807) is 0 Å². The number of nitrogens with zero attached hydrogens (tertiary/aromatic N) is 2. The third-order valence-electron chi connectivity index (χ3n) is 3.46. The first-order valence-electron chi connectivity index (χ1n) is 6.98. The van der Waals surface area contributed by atoms with Crippen molar-refractivity contribution in [2.45, 2.75) is 33.2 Å². The highest BCUT2D eigenvalue weighted by molar-refractivity contribution is 5.35. The van der Waals surface area contributed by atoms with Gasteiger partial charge < -0.3 is 5.32 Å². The molecule has 0 fully saturated rings. The summed E-state index contributed by atoms with van der Waals surface area (Å²) in [5.74, 6) is 0. The summed E-state index contributed by atoms with van der Waals surface area (Å²) in [7, 11) is 1.97. The molecule has 0 bridgehead atoms. The van der Waals surface area contributed by atoms with E-state index in [-0.39, 0.29) is 6.04 Å². The molecule has 0 aliphatic rings. The van der Waals surface area contributed by atoms with E-state index in [4.69, 9.17) is 0 Å². The largest absolute Gasteiger partial charge is 0.306 e. The highest BCUT2D eigenvalue weighted by Gasteiger charge is 2.17. The maximum atomic E-state index is 4.46. The van der Waals surface area contributed by atoms with E-state index in [1.807, 2.05) is 11.7 Å². The molecule has 1 atom stereocenters. The maximum Gasteiger partial charge on any atom is 0.0644 e. The Kier molecular flexibility index (Phi) is 4.38. The molecular formula is C16H23N3. The Balaban J connectivity index is 2.41. The van der Waals surface area contributed by atoms with Crippen molar-refractivity contribution in [3.63, 3.8) is 0 Å². The monoisotopic (exact) mass is 257 g/mol. The van der Waals surface area contributed by atoms with E-state index < -0.39 is 0 Å². The zero-order valence-electron chi connectivity index (χ0n) is 12.3. The number of benzene rings is 1. The molecule has 1 aromatic carbocycles. The summed E-state index contributed by atoms with van der Waals surface area (Å²) in [5.41, 5.74) is 5.05. The second-order valence-corrected chi connectivity index (χ2v) is 4.93. The van der Waals surface area contributed by atoms with E-state index in [0.29, 0.717) is 0 Å². The quantitative estimate of drug-likeness (QED) is 0.892. The molecule has 0 aliphatic heterocycles. The van der Waals surface area contributed by atoms with Crippen molar-refractivity contribution < 1.29 is 0 Å². The van der Waals surface area contributed by atoms with Gasteiger partial charge >= 0.3 is 0 Å². The van der Waals surface area contributed by atoms with Crippen LogP contribution in [0.2, 0.25) is 0 Å². The molecule has 0 spiro atoms. The predicted molar refractivity (Wildman–Crippen MR) is 79.3 cm³/mol. The van der Waals surface area contributed by atoms with Crippen LogP contribution in [-0.2, 0) is 13.5 Å². The van der Waals surface area contributed by atoms with Crippen LogP contribution in [0, 0.1) is 6.92 Å². The summed E-state index contributed by atoms with van der Waals surface area (Å²) < 4.78 is 1.89. The van der Waals surface area contributed by atoms with Gasteiger partial charge in [-0.1, -0.05) is 38.1 Å². The molecule has 0 aliphatic carbocycles. The first-order valence-corrected chi connectivity index (χ1v) is 6.98. The van der Waals surface area contributed by atoms with Crippen molar-refractivity contribution in [1.29, 1.82) is 0 Å². The molecule has 1 heterocycles. The molecule has 2 rings (SSSR count). The van der Waals surface area contributed by atoms with Gasteiger partial charge in [-0.3, -0.25) is 4.68 Å². The number of hydrogen-bond acceptors (Lipinski definition) is 2. The topological polar surface area (TPSA) is 29.9 Å². The van der Waals surface area contributed by atoms with Crippen LogP contribution in [0.4, 0.5) is 0 Å². The van der Waals surface area contributed by atoms with E-state index in [0.717, 1.165) is 18.7 Å². The Labute approximate surface area is 115 Å². The summed E-state index contributed by atoms with van der Waals surface area (Å²) in [4.78, 5) is 0. The summed E-state index contributed by atoms with van der Waals surface area (Å²) in [6, 6.07) is 9.04. The van der Waals surface area contributed by atoms with Gasteiger partial charge in [0.05, 0.1) is 11.7 Å². The van der Waals surface area contributed by atoms with Crippen LogP contribution < -0.4 is 5.32 Å². The lowest BCUT2D eigenvalue weighted by atomic mass is 9.97. The fourth-order valence-corrected chi connectivity index (χ4v) is 2.51. The minimum Gasteiger partial charge on any atom is -0.306 e. The Bertz CT molecular complexity index is 543. The summed E-state index contributed by atoms with van der Waals surface area (Å²) >= 11 is 0. The van der Waals surface area contributed by atoms with Gasteiger partial charge in [-0.25, -0.2) is 0 Å². The van der Waals surface area contributed by atoms with Gasteiger partial charge in [0.15, 0.2) is 0 Å². The lowest BCUT2D eigenvalue weighted by molar-refractivity contribution is 0.626. The molecule has 1 unspecified atom stereocenters. The van der Waals surface area contributed by atoms with Gasteiger partial charge in [-0.05, 0) is 31.0 Å². The predicted octanol–water partition coefficient (Wildman–Crippen LogP) is 2.99. The van der Waals surface area contributed by atoms with Gasteiger partial charge in [-0.2, -0.15) is 5.10 Å². The third kappa shape index (κ3) is 3.04. The first-order chi connectivity index (χ1) is 9.15. The fourth-order valence-electron chi connectivity index (χ4n) is 2.51. The van der Waals surface area contributed by atoms with Gasteiger partial charge in [0.2, 0.25) is 0 Å². The van der Waals surface area contributed by atoms with Crippen LogP contribution >= 0.6 is 0 Å². The van der Waals surface area contributed by atoms with Crippen LogP contribution in [0.25, 0.3) is 0 Å². The molecular weight excluding hydrogens is 234 g/mol. The van der Waals surface area contributed by atoms with E-state index in [1.165, 1.54) is 16.7 Å². The maximum absolute atomic E-state index is 4.46. The molecule has 19 heavy (non-hydrogen) atoms. The van der Waals surface area contributed by atoms with Crippen LogP contribution in [0.5, 0.6) is 0 Å². The zero-order valence-corrected chi connectivity index (χ0v) is 12.3. The van der Waals surface area contributed by atoms with Crippen LogP contribution in [0.1, 0.15) is 42.3 Å². The SMILES string of the molecule is CCNC(c1cccc(CC)c1)c1cn(C)nc1C. The second-order valence-electron chi connectivity index (χ2n) is 4.93. The Morgan fingerprint density at radius 2 is 2.11 bits per heavy atom. The average molecular weight is 257 g/mol. The fraction of sp³-hybridized carbons (Fsp3) is 0.438. The third-order valence-corrected chi connectivity index (χ3v) is 3.46. The van der Waals surface area contributed by atoms with Crippen LogP contribution in [-0.4, -0.2) is 16.3 Å². The first kappa shape index (κ1) is 13.8. The zero-order chi connectivity index (χ0) is 13.8. The highest BCUT2D eigenvalue weighted by atomic mass is 15.3. The molecule has 3 heteroatoms. The molecule has 102 valence electrons. The minimum absolute atomic E-state index is 0.227. The minimum atomic E-state index is 0.227. The Morgan fingerprint density at radius 3 is 2.68 bits per heavy atom. The van der Waals surface area contributed by atoms with Crippen molar-refractivity contribution in [1.82, 2.24) is 15.1 Å². The smallest absolute Gasteiger partial charge is 0.0644 e. The normalized spacial score (nSPS) is 12.6. The number of rotatable bonds is 5. The number of aryl methyl sites for hydroxylation is 3. The molecule has 0 saturated heterocycles. The second kappa shape index (κ2) is 6.02. The standard InChI is InChI=1S/C16H23N3/c1-5-13-8-7-9-14(10-13)16(17-6-2)15-11-19(4)18-12(15)3/h7-11,16-17H,5-6H2,1-4H3. The summed E-state index contributed by atoms with van der Waals surface area (Å²) in [5, 5.41) is 8.03.